The van der Waals surface area contributed by atoms with Crippen molar-refractivity contribution in [1.29, 1.82) is 0 Å². The van der Waals surface area contributed by atoms with Crippen molar-refractivity contribution in [2.45, 2.75) is 27.7 Å². The number of rotatable bonds is 2. The van der Waals surface area contributed by atoms with E-state index in [4.69, 9.17) is 4.42 Å². The van der Waals surface area contributed by atoms with E-state index in [0.717, 1.165) is 28.2 Å². The molecule has 2 aromatic heterocycles. The fourth-order valence-electron chi connectivity index (χ4n) is 2.55. The molecule has 108 valence electrons. The molecule has 0 atom stereocenters. The highest BCUT2D eigenvalue weighted by atomic mass is 19.1. The number of oxazole rings is 1. The quantitative estimate of drug-likeness (QED) is 0.693. The highest BCUT2D eigenvalue weighted by Crippen LogP contribution is 2.28. The maximum absolute atomic E-state index is 13.4. The van der Waals surface area contributed by atoms with E-state index in [9.17, 15) is 4.39 Å². The number of hydrogen-bond acceptors (Lipinski definition) is 2. The van der Waals surface area contributed by atoms with Gasteiger partial charge < -0.3 is 8.98 Å². The van der Waals surface area contributed by atoms with Crippen LogP contribution in [0.5, 0.6) is 0 Å². The summed E-state index contributed by atoms with van der Waals surface area (Å²) in [5.41, 5.74) is 5.42. The van der Waals surface area contributed by atoms with Crippen molar-refractivity contribution < 1.29 is 8.81 Å². The molecule has 0 saturated heterocycles. The van der Waals surface area contributed by atoms with Gasteiger partial charge in [0.25, 0.3) is 0 Å². The van der Waals surface area contributed by atoms with Gasteiger partial charge in [0.1, 0.15) is 5.69 Å². The lowest BCUT2D eigenvalue weighted by atomic mass is 10.1. The molecule has 0 fully saturated rings. The molecule has 0 aliphatic rings. The Labute approximate surface area is 123 Å². The van der Waals surface area contributed by atoms with E-state index in [0.29, 0.717) is 5.89 Å². The Morgan fingerprint density at radius 2 is 1.67 bits per heavy atom. The lowest BCUT2D eigenvalue weighted by Crippen LogP contribution is -1.99. The molecule has 0 amide bonds. The smallest absolute Gasteiger partial charge is 0.301 e. The van der Waals surface area contributed by atoms with Gasteiger partial charge in [-0.15, -0.1) is 0 Å². The van der Waals surface area contributed by atoms with Crippen LogP contribution in [0.2, 0.25) is 0 Å². The zero-order chi connectivity index (χ0) is 15.1. The van der Waals surface area contributed by atoms with Crippen molar-refractivity contribution in [3.63, 3.8) is 0 Å². The Bertz CT molecular complexity index is 775. The molecule has 0 spiro atoms. The van der Waals surface area contributed by atoms with Crippen LogP contribution in [0.15, 0.2) is 34.7 Å². The molecule has 2 heterocycles. The first-order valence-corrected chi connectivity index (χ1v) is 6.86. The molecule has 0 radical (unpaired) electrons. The van der Waals surface area contributed by atoms with Crippen LogP contribution >= 0.6 is 0 Å². The second kappa shape index (κ2) is 4.88. The largest absolute Gasteiger partial charge is 0.411 e. The van der Waals surface area contributed by atoms with Crippen molar-refractivity contribution >= 4 is 0 Å². The van der Waals surface area contributed by atoms with E-state index in [1.54, 1.807) is 6.92 Å². The molecular formula is C17H17FN2O. The van der Waals surface area contributed by atoms with Gasteiger partial charge in [0.15, 0.2) is 0 Å². The van der Waals surface area contributed by atoms with Crippen LogP contribution in [-0.2, 0) is 0 Å². The first-order chi connectivity index (χ1) is 9.97. The van der Waals surface area contributed by atoms with E-state index in [1.807, 2.05) is 25.1 Å². The van der Waals surface area contributed by atoms with Crippen LogP contribution in [0.1, 0.15) is 22.6 Å². The third kappa shape index (κ3) is 2.27. The minimum Gasteiger partial charge on any atom is -0.411 e. The number of aryl methyl sites for hydroxylation is 4. The van der Waals surface area contributed by atoms with E-state index < -0.39 is 6.01 Å². The van der Waals surface area contributed by atoms with Crippen molar-refractivity contribution in [1.82, 2.24) is 9.55 Å². The summed E-state index contributed by atoms with van der Waals surface area (Å²) < 4.78 is 20.7. The second-order valence-corrected chi connectivity index (χ2v) is 5.33. The minimum absolute atomic E-state index is 0.281. The summed E-state index contributed by atoms with van der Waals surface area (Å²) in [6, 6.07) is 9.56. The lowest BCUT2D eigenvalue weighted by Gasteiger charge is -2.11. The summed E-state index contributed by atoms with van der Waals surface area (Å²) in [4.78, 5) is 4.16. The summed E-state index contributed by atoms with van der Waals surface area (Å²) in [6.07, 6.45) is 0. The van der Waals surface area contributed by atoms with Crippen LogP contribution in [0.25, 0.3) is 17.1 Å². The second-order valence-electron chi connectivity index (χ2n) is 5.33. The van der Waals surface area contributed by atoms with Gasteiger partial charge in [-0.1, -0.05) is 6.07 Å². The van der Waals surface area contributed by atoms with Crippen molar-refractivity contribution in [3.8, 4) is 17.1 Å². The predicted octanol–water partition coefficient (Wildman–Crippen LogP) is 4.51. The zero-order valence-electron chi connectivity index (χ0n) is 12.6. The average molecular weight is 284 g/mol. The summed E-state index contributed by atoms with van der Waals surface area (Å²) in [5.74, 6) is 0.326. The SMILES string of the molecule is Cc1ccc(-n2c(C)ccc2C)cc1-c1nc(C)c(F)o1. The summed E-state index contributed by atoms with van der Waals surface area (Å²) >= 11 is 0. The van der Waals surface area contributed by atoms with E-state index in [-0.39, 0.29) is 5.69 Å². The Hall–Kier alpha value is -2.36. The van der Waals surface area contributed by atoms with Gasteiger partial charge in [-0.05, 0) is 57.5 Å². The van der Waals surface area contributed by atoms with E-state index in [1.165, 1.54) is 0 Å². The van der Waals surface area contributed by atoms with Crippen LogP contribution < -0.4 is 0 Å². The van der Waals surface area contributed by atoms with E-state index >= 15 is 0 Å². The first-order valence-electron chi connectivity index (χ1n) is 6.86. The van der Waals surface area contributed by atoms with Gasteiger partial charge in [0.05, 0.1) is 0 Å². The van der Waals surface area contributed by atoms with Crippen molar-refractivity contribution in [2.75, 3.05) is 0 Å². The van der Waals surface area contributed by atoms with Crippen LogP contribution in [0.4, 0.5) is 4.39 Å². The third-order valence-corrected chi connectivity index (χ3v) is 3.72. The highest BCUT2D eigenvalue weighted by molar-refractivity contribution is 5.63. The van der Waals surface area contributed by atoms with Gasteiger partial charge in [0.2, 0.25) is 5.89 Å². The average Bonchev–Trinajstić information content (AvgIpc) is 2.94. The molecule has 21 heavy (non-hydrogen) atoms. The molecule has 4 heteroatoms. The molecule has 3 rings (SSSR count). The number of benzene rings is 1. The number of halogens is 1. The fraction of sp³-hybridized carbons (Fsp3) is 0.235. The topological polar surface area (TPSA) is 31.0 Å². The Morgan fingerprint density at radius 1 is 1.00 bits per heavy atom. The first kappa shape index (κ1) is 13.6. The normalized spacial score (nSPS) is 11.1. The third-order valence-electron chi connectivity index (χ3n) is 3.72. The van der Waals surface area contributed by atoms with Gasteiger partial charge in [-0.3, -0.25) is 0 Å². The van der Waals surface area contributed by atoms with Crippen molar-refractivity contribution in [2.24, 2.45) is 0 Å². The Balaban J connectivity index is 2.17. The van der Waals surface area contributed by atoms with Crippen LogP contribution in [0, 0.1) is 33.7 Å². The molecule has 3 aromatic rings. The van der Waals surface area contributed by atoms with Gasteiger partial charge in [-0.25, -0.2) is 4.98 Å². The summed E-state index contributed by atoms with van der Waals surface area (Å²) in [5, 5.41) is 0. The number of hydrogen-bond donors (Lipinski definition) is 0. The number of nitrogens with zero attached hydrogens (tertiary/aromatic N) is 2. The zero-order valence-corrected chi connectivity index (χ0v) is 12.6. The maximum Gasteiger partial charge on any atom is 0.301 e. The van der Waals surface area contributed by atoms with Gasteiger partial charge >= 0.3 is 6.01 Å². The fourth-order valence-corrected chi connectivity index (χ4v) is 2.55. The van der Waals surface area contributed by atoms with Crippen LogP contribution in [0.3, 0.4) is 0 Å². The minimum atomic E-state index is -0.622. The molecule has 0 saturated carbocycles. The van der Waals surface area contributed by atoms with Crippen LogP contribution in [-0.4, -0.2) is 9.55 Å². The summed E-state index contributed by atoms with van der Waals surface area (Å²) in [6.45, 7) is 7.68. The maximum atomic E-state index is 13.4. The molecule has 0 bridgehead atoms. The molecule has 0 aliphatic carbocycles. The van der Waals surface area contributed by atoms with Gasteiger partial charge in [-0.2, -0.15) is 4.39 Å². The highest BCUT2D eigenvalue weighted by Gasteiger charge is 2.14. The monoisotopic (exact) mass is 284 g/mol. The molecule has 0 unspecified atom stereocenters. The molecule has 1 aromatic carbocycles. The molecule has 0 N–H and O–H groups in total. The molecular weight excluding hydrogens is 267 g/mol. The van der Waals surface area contributed by atoms with E-state index in [2.05, 4.69) is 35.5 Å². The van der Waals surface area contributed by atoms with Crippen molar-refractivity contribution in [3.05, 3.63) is 59.0 Å². The van der Waals surface area contributed by atoms with Gasteiger partial charge in [0, 0.05) is 22.6 Å². The Morgan fingerprint density at radius 3 is 2.24 bits per heavy atom. The number of aromatic nitrogens is 2. The summed E-state index contributed by atoms with van der Waals surface area (Å²) in [7, 11) is 0. The Kier molecular flexibility index (Phi) is 3.16. The molecule has 3 nitrogen and oxygen atoms in total. The predicted molar refractivity (Wildman–Crippen MR) is 80.2 cm³/mol. The standard InChI is InChI=1S/C17H17FN2O/c1-10-5-8-14(20-11(2)6-7-12(20)3)9-15(10)17-19-13(4)16(18)21-17/h5-9H,1-4H3. The lowest BCUT2D eigenvalue weighted by molar-refractivity contribution is 0.362. The molecule has 0 aliphatic heterocycles.